The largest absolute Gasteiger partial charge is 0.352 e. The van der Waals surface area contributed by atoms with Crippen molar-refractivity contribution in [1.29, 1.82) is 0 Å². The van der Waals surface area contributed by atoms with Gasteiger partial charge in [0.15, 0.2) is 11.3 Å². The summed E-state index contributed by atoms with van der Waals surface area (Å²) in [5.74, 6) is 0.465. The molecule has 1 aliphatic rings. The zero-order valence-corrected chi connectivity index (χ0v) is 23.9. The number of aryl methyl sites for hydroxylation is 1. The van der Waals surface area contributed by atoms with Gasteiger partial charge in [-0.05, 0) is 74.5 Å². The van der Waals surface area contributed by atoms with Gasteiger partial charge in [0.2, 0.25) is 0 Å². The van der Waals surface area contributed by atoms with Crippen LogP contribution in [-0.4, -0.2) is 57.6 Å². The number of benzene rings is 2. The van der Waals surface area contributed by atoms with E-state index >= 15 is 0 Å². The lowest BCUT2D eigenvalue weighted by Gasteiger charge is -2.32. The van der Waals surface area contributed by atoms with Crippen LogP contribution in [0.15, 0.2) is 90.1 Å². The van der Waals surface area contributed by atoms with E-state index in [2.05, 4.69) is 22.1 Å². The molecule has 11 heteroatoms. The normalized spacial score (nSPS) is 16.0. The Morgan fingerprint density at radius 2 is 1.76 bits per heavy atom. The van der Waals surface area contributed by atoms with Crippen LogP contribution >= 0.6 is 0 Å². The predicted octanol–water partition coefficient (Wildman–Crippen LogP) is 4.90. The summed E-state index contributed by atoms with van der Waals surface area (Å²) in [6.45, 7) is 6.53. The molecule has 0 saturated carbocycles. The van der Waals surface area contributed by atoms with E-state index in [1.807, 2.05) is 25.1 Å². The lowest BCUT2D eigenvalue weighted by atomic mass is 10.0. The van der Waals surface area contributed by atoms with E-state index in [0.29, 0.717) is 45.2 Å². The van der Waals surface area contributed by atoms with E-state index in [-0.39, 0.29) is 10.7 Å². The molecule has 1 atom stereocenters. The van der Waals surface area contributed by atoms with Gasteiger partial charge in [-0.3, -0.25) is 0 Å². The molecule has 212 valence electrons. The third-order valence-electron chi connectivity index (χ3n) is 7.66. The summed E-state index contributed by atoms with van der Waals surface area (Å²) in [6, 6.07) is 20.7. The lowest BCUT2D eigenvalue weighted by molar-refractivity contribution is 0.481. The Morgan fingerprint density at radius 1 is 0.976 bits per heavy atom. The number of nitrogens with one attached hydrogen (secondary N) is 1. The Bertz CT molecular complexity index is 2050. The number of halogens is 1. The van der Waals surface area contributed by atoms with Crippen molar-refractivity contribution in [2.75, 3.05) is 24.5 Å². The van der Waals surface area contributed by atoms with Crippen molar-refractivity contribution in [3.8, 4) is 22.5 Å². The second kappa shape index (κ2) is 10.0. The summed E-state index contributed by atoms with van der Waals surface area (Å²) in [6.07, 6.45) is 3.12. The van der Waals surface area contributed by atoms with Gasteiger partial charge < -0.3 is 10.2 Å². The number of aromatic nitrogens is 5. The molecule has 0 bridgehead atoms. The molecule has 1 saturated heterocycles. The molecule has 1 aliphatic heterocycles. The first-order valence-electron chi connectivity index (χ1n) is 13.7. The van der Waals surface area contributed by atoms with Gasteiger partial charge in [-0.25, -0.2) is 31.3 Å². The summed E-state index contributed by atoms with van der Waals surface area (Å²) in [4.78, 5) is 11.8. The number of piperazine rings is 1. The van der Waals surface area contributed by atoms with E-state index in [9.17, 15) is 12.8 Å². The van der Waals surface area contributed by atoms with E-state index in [1.54, 1.807) is 53.2 Å². The van der Waals surface area contributed by atoms with Crippen molar-refractivity contribution in [1.82, 2.24) is 28.9 Å². The SMILES string of the molecule is Cc1ccc(S(=O)(=O)n2ccc3c(-c4c(-c5ccc(F)cc5)nc5ccc(N6CCNC(C)C6)nn45)ccnc32)cc1. The molecule has 0 radical (unpaired) electrons. The standard InChI is InChI=1S/C31H28FN7O2S/c1-20-3-9-24(10-4-20)42(40,41)38-17-14-26-25(13-15-34-31(26)38)30-29(22-5-7-23(32)8-6-22)35-27-11-12-28(36-39(27)30)37-18-16-33-21(2)19-37/h3-15,17,21,33H,16,18-19H2,1-2H3. The number of nitrogens with zero attached hydrogens (tertiary/aromatic N) is 6. The third kappa shape index (κ3) is 4.41. The average Bonchev–Trinajstić information content (AvgIpc) is 3.60. The molecule has 0 spiro atoms. The molecule has 4 aromatic heterocycles. The summed E-state index contributed by atoms with van der Waals surface area (Å²) in [5, 5.41) is 9.11. The van der Waals surface area contributed by atoms with Crippen LogP contribution in [0.25, 0.3) is 39.2 Å². The Morgan fingerprint density at radius 3 is 2.52 bits per heavy atom. The fraction of sp³-hybridized carbons (Fsp3) is 0.194. The van der Waals surface area contributed by atoms with Crippen LogP contribution in [0.5, 0.6) is 0 Å². The van der Waals surface area contributed by atoms with Crippen LogP contribution in [0.1, 0.15) is 12.5 Å². The first-order chi connectivity index (χ1) is 20.3. The van der Waals surface area contributed by atoms with E-state index in [4.69, 9.17) is 10.1 Å². The number of hydrogen-bond acceptors (Lipinski definition) is 7. The van der Waals surface area contributed by atoms with E-state index < -0.39 is 10.0 Å². The molecule has 0 aliphatic carbocycles. The maximum atomic E-state index is 13.9. The van der Waals surface area contributed by atoms with Crippen LogP contribution in [0.2, 0.25) is 0 Å². The first kappa shape index (κ1) is 26.3. The predicted molar refractivity (Wildman–Crippen MR) is 161 cm³/mol. The van der Waals surface area contributed by atoms with Gasteiger partial charge in [0.1, 0.15) is 17.3 Å². The minimum atomic E-state index is -3.90. The maximum absolute atomic E-state index is 13.9. The monoisotopic (exact) mass is 581 g/mol. The molecule has 9 nitrogen and oxygen atoms in total. The van der Waals surface area contributed by atoms with Crippen LogP contribution in [0, 0.1) is 12.7 Å². The fourth-order valence-corrected chi connectivity index (χ4v) is 6.82. The van der Waals surface area contributed by atoms with E-state index in [1.165, 1.54) is 22.3 Å². The zero-order valence-electron chi connectivity index (χ0n) is 23.1. The molecule has 5 heterocycles. The Balaban J connectivity index is 1.45. The highest BCUT2D eigenvalue weighted by molar-refractivity contribution is 7.90. The zero-order chi connectivity index (χ0) is 29.0. The van der Waals surface area contributed by atoms with Gasteiger partial charge in [-0.2, -0.15) is 0 Å². The molecule has 7 rings (SSSR count). The van der Waals surface area contributed by atoms with Crippen molar-refractivity contribution in [2.24, 2.45) is 0 Å². The van der Waals surface area contributed by atoms with Crippen LogP contribution in [0.3, 0.4) is 0 Å². The molecule has 1 N–H and O–H groups in total. The number of anilines is 1. The minimum Gasteiger partial charge on any atom is -0.352 e. The molecule has 2 aromatic carbocycles. The molecule has 0 amide bonds. The second-order valence-electron chi connectivity index (χ2n) is 10.6. The Labute approximate surface area is 242 Å². The lowest BCUT2D eigenvalue weighted by Crippen LogP contribution is -2.49. The Kier molecular flexibility index (Phi) is 6.28. The summed E-state index contributed by atoms with van der Waals surface area (Å²) in [7, 11) is -3.90. The highest BCUT2D eigenvalue weighted by Gasteiger charge is 2.25. The number of imidazole rings is 1. The van der Waals surface area contributed by atoms with Gasteiger partial charge in [-0.15, -0.1) is 5.10 Å². The maximum Gasteiger partial charge on any atom is 0.269 e. The van der Waals surface area contributed by atoms with Crippen LogP contribution < -0.4 is 10.2 Å². The molecular formula is C31H28FN7O2S. The van der Waals surface area contributed by atoms with Crippen LogP contribution in [0.4, 0.5) is 10.2 Å². The number of hydrogen-bond donors (Lipinski definition) is 1. The van der Waals surface area contributed by atoms with Gasteiger partial charge in [-0.1, -0.05) is 17.7 Å². The highest BCUT2D eigenvalue weighted by Crippen LogP contribution is 2.37. The van der Waals surface area contributed by atoms with Gasteiger partial charge in [0.05, 0.1) is 10.6 Å². The van der Waals surface area contributed by atoms with Crippen molar-refractivity contribution in [3.05, 3.63) is 96.6 Å². The summed E-state index contributed by atoms with van der Waals surface area (Å²) in [5.41, 5.74) is 4.58. The van der Waals surface area contributed by atoms with Crippen LogP contribution in [-0.2, 0) is 10.0 Å². The molecule has 1 fully saturated rings. The van der Waals surface area contributed by atoms with Gasteiger partial charge in [0.25, 0.3) is 10.0 Å². The van der Waals surface area contributed by atoms with Crippen molar-refractivity contribution < 1.29 is 12.8 Å². The third-order valence-corrected chi connectivity index (χ3v) is 9.34. The van der Waals surface area contributed by atoms with Gasteiger partial charge >= 0.3 is 0 Å². The second-order valence-corrected chi connectivity index (χ2v) is 12.4. The number of rotatable bonds is 5. The smallest absolute Gasteiger partial charge is 0.269 e. The average molecular weight is 582 g/mol. The quantitative estimate of drug-likeness (QED) is 0.310. The van der Waals surface area contributed by atoms with E-state index in [0.717, 1.165) is 31.0 Å². The molecule has 1 unspecified atom stereocenters. The van der Waals surface area contributed by atoms with Crippen molar-refractivity contribution in [3.63, 3.8) is 0 Å². The first-order valence-corrected chi connectivity index (χ1v) is 15.2. The Hall–Kier alpha value is -4.61. The number of fused-ring (bicyclic) bond motifs is 2. The highest BCUT2D eigenvalue weighted by atomic mass is 32.2. The van der Waals surface area contributed by atoms with Crippen molar-refractivity contribution >= 4 is 32.5 Å². The summed E-state index contributed by atoms with van der Waals surface area (Å²) < 4.78 is 44.2. The fourth-order valence-electron chi connectivity index (χ4n) is 5.52. The topological polar surface area (TPSA) is 97.4 Å². The molecule has 6 aromatic rings. The number of pyridine rings is 1. The van der Waals surface area contributed by atoms with Gasteiger partial charge in [0, 0.05) is 54.6 Å². The molecule has 42 heavy (non-hydrogen) atoms. The van der Waals surface area contributed by atoms with Crippen molar-refractivity contribution in [2.45, 2.75) is 24.8 Å². The summed E-state index contributed by atoms with van der Waals surface area (Å²) >= 11 is 0. The molecular weight excluding hydrogens is 553 g/mol. The minimum absolute atomic E-state index is 0.177.